The molecule has 2 aliphatic rings. The average Bonchev–Trinajstić information content (AvgIpc) is 3.10. The van der Waals surface area contributed by atoms with Gasteiger partial charge in [0.2, 0.25) is 0 Å². The Kier molecular flexibility index (Phi) is 4.91. The van der Waals surface area contributed by atoms with E-state index in [2.05, 4.69) is 27.7 Å². The van der Waals surface area contributed by atoms with Crippen LogP contribution in [0.4, 0.5) is 10.1 Å². The zero-order chi connectivity index (χ0) is 18.1. The Balaban J connectivity index is 1.31. The molecule has 0 spiro atoms. The molecular weight excluding hydrogens is 349 g/mol. The number of rotatable bonds is 4. The molecule has 2 bridgehead atoms. The van der Waals surface area contributed by atoms with Gasteiger partial charge in [-0.2, -0.15) is 5.10 Å². The number of piperidine rings is 1. The lowest BCUT2D eigenvalue weighted by Crippen LogP contribution is -2.49. The molecule has 2 fully saturated rings. The molecule has 2 saturated heterocycles. The minimum Gasteiger partial charge on any atom is -0.360 e. The van der Waals surface area contributed by atoms with Crippen LogP contribution in [0.3, 0.4) is 0 Å². The fourth-order valence-corrected chi connectivity index (χ4v) is 4.48. The fourth-order valence-electron chi connectivity index (χ4n) is 4.20. The normalized spacial score (nSPS) is 25.2. The molecule has 5 nitrogen and oxygen atoms in total. The van der Waals surface area contributed by atoms with Crippen LogP contribution >= 0.6 is 12.2 Å². The van der Waals surface area contributed by atoms with Crippen LogP contribution in [-0.4, -0.2) is 45.0 Å². The highest BCUT2D eigenvalue weighted by Crippen LogP contribution is 2.34. The summed E-state index contributed by atoms with van der Waals surface area (Å²) in [6, 6.07) is 8.53. The van der Waals surface area contributed by atoms with Crippen LogP contribution in [0.25, 0.3) is 0 Å². The van der Waals surface area contributed by atoms with E-state index in [1.54, 1.807) is 23.0 Å². The molecule has 2 aromatic rings. The highest BCUT2D eigenvalue weighted by molar-refractivity contribution is 7.80. The molecule has 0 aliphatic carbocycles. The first-order valence-corrected chi connectivity index (χ1v) is 9.54. The summed E-state index contributed by atoms with van der Waals surface area (Å²) in [7, 11) is 2.24. The minimum absolute atomic E-state index is 0.216. The van der Waals surface area contributed by atoms with Gasteiger partial charge in [0.1, 0.15) is 5.82 Å². The van der Waals surface area contributed by atoms with Gasteiger partial charge >= 0.3 is 0 Å². The van der Waals surface area contributed by atoms with Crippen molar-refractivity contribution in [2.24, 2.45) is 0 Å². The number of fused-ring (bicyclic) bond motifs is 2. The molecule has 7 heteroatoms. The highest BCUT2D eigenvalue weighted by atomic mass is 32.1. The number of hydrogen-bond acceptors (Lipinski definition) is 3. The second-order valence-corrected chi connectivity index (χ2v) is 7.74. The lowest BCUT2D eigenvalue weighted by Gasteiger charge is -2.37. The zero-order valence-corrected chi connectivity index (χ0v) is 15.7. The van der Waals surface area contributed by atoms with Crippen molar-refractivity contribution in [1.29, 1.82) is 0 Å². The summed E-state index contributed by atoms with van der Waals surface area (Å²) in [5, 5.41) is 11.6. The van der Waals surface area contributed by atoms with Gasteiger partial charge in [0.15, 0.2) is 5.11 Å². The zero-order valence-electron chi connectivity index (χ0n) is 14.9. The second kappa shape index (κ2) is 7.32. The SMILES string of the molecule is CN1[C@@H]2CC[C@H]1CC(NC(=S)Nc1cnn(Cc3ccccc3F)c1)C2. The Bertz CT molecular complexity index is 778. The predicted octanol–water partition coefficient (Wildman–Crippen LogP) is 2.98. The van der Waals surface area contributed by atoms with E-state index in [1.165, 1.54) is 18.9 Å². The minimum atomic E-state index is -0.216. The Hall–Kier alpha value is -1.99. The molecule has 0 radical (unpaired) electrons. The molecule has 4 rings (SSSR count). The van der Waals surface area contributed by atoms with Gasteiger partial charge < -0.3 is 15.5 Å². The van der Waals surface area contributed by atoms with Crippen LogP contribution in [0.5, 0.6) is 0 Å². The summed E-state index contributed by atoms with van der Waals surface area (Å²) < 4.78 is 15.5. The maximum absolute atomic E-state index is 13.8. The molecule has 1 aromatic carbocycles. The van der Waals surface area contributed by atoms with E-state index in [0.29, 0.717) is 35.3 Å². The van der Waals surface area contributed by atoms with Gasteiger partial charge in [0, 0.05) is 29.9 Å². The van der Waals surface area contributed by atoms with Gasteiger partial charge in [-0.25, -0.2) is 4.39 Å². The molecule has 138 valence electrons. The number of anilines is 1. The number of nitrogens with one attached hydrogen (secondary N) is 2. The van der Waals surface area contributed by atoms with E-state index in [4.69, 9.17) is 12.2 Å². The Morgan fingerprint density at radius 3 is 2.73 bits per heavy atom. The Labute approximate surface area is 158 Å². The maximum Gasteiger partial charge on any atom is 0.171 e. The summed E-state index contributed by atoms with van der Waals surface area (Å²) in [6.45, 7) is 0.396. The average molecular weight is 374 g/mol. The van der Waals surface area contributed by atoms with Crippen LogP contribution in [0.15, 0.2) is 36.7 Å². The lowest BCUT2D eigenvalue weighted by molar-refractivity contribution is 0.156. The molecule has 3 atom stereocenters. The third kappa shape index (κ3) is 3.73. The van der Waals surface area contributed by atoms with Crippen molar-refractivity contribution in [2.75, 3.05) is 12.4 Å². The number of benzene rings is 1. The van der Waals surface area contributed by atoms with Crippen molar-refractivity contribution in [3.63, 3.8) is 0 Å². The summed E-state index contributed by atoms with van der Waals surface area (Å²) in [4.78, 5) is 2.52. The van der Waals surface area contributed by atoms with E-state index >= 15 is 0 Å². The highest BCUT2D eigenvalue weighted by Gasteiger charge is 2.38. The molecular formula is C19H24FN5S. The topological polar surface area (TPSA) is 45.1 Å². The predicted molar refractivity (Wildman–Crippen MR) is 105 cm³/mol. The number of hydrogen-bond donors (Lipinski definition) is 2. The van der Waals surface area contributed by atoms with E-state index in [-0.39, 0.29) is 5.82 Å². The van der Waals surface area contributed by atoms with Crippen molar-refractivity contribution in [2.45, 2.75) is 50.4 Å². The van der Waals surface area contributed by atoms with Crippen LogP contribution in [-0.2, 0) is 6.54 Å². The fraction of sp³-hybridized carbons (Fsp3) is 0.474. The number of nitrogens with zero attached hydrogens (tertiary/aromatic N) is 3. The van der Waals surface area contributed by atoms with Gasteiger partial charge in [-0.1, -0.05) is 18.2 Å². The first kappa shape index (κ1) is 17.4. The van der Waals surface area contributed by atoms with Gasteiger partial charge in [-0.3, -0.25) is 4.68 Å². The van der Waals surface area contributed by atoms with E-state index in [0.717, 1.165) is 18.5 Å². The maximum atomic E-state index is 13.8. The molecule has 1 unspecified atom stereocenters. The largest absolute Gasteiger partial charge is 0.360 e. The van der Waals surface area contributed by atoms with E-state index in [9.17, 15) is 4.39 Å². The quantitative estimate of drug-likeness (QED) is 0.807. The smallest absolute Gasteiger partial charge is 0.171 e. The van der Waals surface area contributed by atoms with Gasteiger partial charge in [0.25, 0.3) is 0 Å². The second-order valence-electron chi connectivity index (χ2n) is 7.34. The van der Waals surface area contributed by atoms with Crippen LogP contribution < -0.4 is 10.6 Å². The van der Waals surface area contributed by atoms with Gasteiger partial charge in [-0.05, 0) is 51.0 Å². The van der Waals surface area contributed by atoms with Crippen molar-refractivity contribution in [3.8, 4) is 0 Å². The number of aromatic nitrogens is 2. The standard InChI is InChI=1S/C19H24FN5S/c1-24-16-6-7-17(24)9-14(8-16)22-19(26)23-15-10-21-25(12-15)11-13-4-2-3-5-18(13)20/h2-5,10,12,14,16-17H,6-9,11H2,1H3,(H2,22,23,26)/t14?,16-,17+. The number of halogens is 1. The van der Waals surface area contributed by atoms with Crippen molar-refractivity contribution in [3.05, 3.63) is 48.0 Å². The number of thiocarbonyl (C=S) groups is 1. The lowest BCUT2D eigenvalue weighted by atomic mass is 9.98. The summed E-state index contributed by atoms with van der Waals surface area (Å²) in [6.07, 6.45) is 8.43. The van der Waals surface area contributed by atoms with Gasteiger partial charge in [-0.15, -0.1) is 0 Å². The third-order valence-electron chi connectivity index (χ3n) is 5.61. The molecule has 2 N–H and O–H groups in total. The van der Waals surface area contributed by atoms with Crippen LogP contribution in [0.1, 0.15) is 31.2 Å². The third-order valence-corrected chi connectivity index (χ3v) is 5.83. The monoisotopic (exact) mass is 373 g/mol. The Morgan fingerprint density at radius 1 is 1.27 bits per heavy atom. The summed E-state index contributed by atoms with van der Waals surface area (Å²) in [5.41, 5.74) is 1.43. The Morgan fingerprint density at radius 2 is 2.00 bits per heavy atom. The summed E-state index contributed by atoms with van der Waals surface area (Å²) >= 11 is 5.47. The summed E-state index contributed by atoms with van der Waals surface area (Å²) in [5.74, 6) is -0.216. The molecule has 2 aliphatic heterocycles. The van der Waals surface area contributed by atoms with Crippen LogP contribution in [0.2, 0.25) is 0 Å². The molecule has 26 heavy (non-hydrogen) atoms. The molecule has 1 aromatic heterocycles. The first-order valence-electron chi connectivity index (χ1n) is 9.14. The van der Waals surface area contributed by atoms with Gasteiger partial charge in [0.05, 0.1) is 18.4 Å². The molecule has 0 amide bonds. The van der Waals surface area contributed by atoms with Crippen molar-refractivity contribution < 1.29 is 4.39 Å². The van der Waals surface area contributed by atoms with E-state index < -0.39 is 0 Å². The molecule has 0 saturated carbocycles. The molecule has 3 heterocycles. The van der Waals surface area contributed by atoms with Crippen LogP contribution in [0, 0.1) is 5.82 Å². The van der Waals surface area contributed by atoms with E-state index in [1.807, 2.05) is 12.3 Å². The van der Waals surface area contributed by atoms with Crippen molar-refractivity contribution >= 4 is 23.0 Å². The van der Waals surface area contributed by atoms with Crippen molar-refractivity contribution in [1.82, 2.24) is 20.0 Å². The first-order chi connectivity index (χ1) is 12.6.